The third-order valence-electron chi connectivity index (χ3n) is 3.53. The second-order valence-electron chi connectivity index (χ2n) is 5.76. The maximum atomic E-state index is 12.1. The number of hydrogen-bond donors (Lipinski definition) is 3. The van der Waals surface area contributed by atoms with Crippen LogP contribution in [0.4, 0.5) is 0 Å². The van der Waals surface area contributed by atoms with E-state index in [2.05, 4.69) is 10.6 Å². The van der Waals surface area contributed by atoms with Crippen molar-refractivity contribution in [2.75, 3.05) is 6.54 Å². The quantitative estimate of drug-likeness (QED) is 0.654. The van der Waals surface area contributed by atoms with Gasteiger partial charge in [-0.1, -0.05) is 57.5 Å². The number of rotatable bonds is 9. The van der Waals surface area contributed by atoms with Crippen LogP contribution in [0.15, 0.2) is 30.3 Å². The standard InChI is InChI=1S/C17H26N2O3/c1-4-8-14(17(21)22)18-11-15(20)19-16(12(2)3)13-9-6-5-7-10-13/h5-7,9-10,12,14,16,18H,4,8,11H2,1-3H3,(H,19,20)(H,21,22). The zero-order valence-corrected chi connectivity index (χ0v) is 13.5. The van der Waals surface area contributed by atoms with Crippen molar-refractivity contribution in [2.45, 2.75) is 45.7 Å². The van der Waals surface area contributed by atoms with E-state index in [1.807, 2.05) is 51.1 Å². The molecular formula is C17H26N2O3. The average Bonchev–Trinajstić information content (AvgIpc) is 2.49. The first-order valence-corrected chi connectivity index (χ1v) is 7.76. The highest BCUT2D eigenvalue weighted by molar-refractivity contribution is 5.80. The van der Waals surface area contributed by atoms with Gasteiger partial charge in [-0.25, -0.2) is 0 Å². The number of amides is 1. The number of carboxylic acid groups (broad SMARTS) is 1. The molecule has 0 saturated carbocycles. The molecule has 3 N–H and O–H groups in total. The second kappa shape index (κ2) is 9.20. The summed E-state index contributed by atoms with van der Waals surface area (Å²) in [6.45, 7) is 6.01. The summed E-state index contributed by atoms with van der Waals surface area (Å²) in [6.07, 6.45) is 1.26. The molecule has 1 aromatic carbocycles. The minimum Gasteiger partial charge on any atom is -0.480 e. The zero-order chi connectivity index (χ0) is 16.5. The van der Waals surface area contributed by atoms with E-state index in [0.29, 0.717) is 6.42 Å². The second-order valence-corrected chi connectivity index (χ2v) is 5.76. The molecule has 0 spiro atoms. The molecule has 0 aromatic heterocycles. The van der Waals surface area contributed by atoms with Crippen molar-refractivity contribution in [3.8, 4) is 0 Å². The van der Waals surface area contributed by atoms with Crippen LogP contribution in [-0.2, 0) is 9.59 Å². The Hall–Kier alpha value is -1.88. The van der Waals surface area contributed by atoms with Crippen LogP contribution in [-0.4, -0.2) is 29.6 Å². The monoisotopic (exact) mass is 306 g/mol. The fourth-order valence-electron chi connectivity index (χ4n) is 2.34. The molecule has 22 heavy (non-hydrogen) atoms. The summed E-state index contributed by atoms with van der Waals surface area (Å²) in [5.41, 5.74) is 1.05. The van der Waals surface area contributed by atoms with E-state index < -0.39 is 12.0 Å². The number of carboxylic acids is 1. The Morgan fingerprint density at radius 3 is 2.32 bits per heavy atom. The predicted octanol–water partition coefficient (Wildman–Crippen LogP) is 2.34. The number of carbonyl (C=O) groups is 2. The molecule has 0 saturated heterocycles. The van der Waals surface area contributed by atoms with Crippen molar-refractivity contribution in [1.82, 2.24) is 10.6 Å². The summed E-state index contributed by atoms with van der Waals surface area (Å²) < 4.78 is 0. The van der Waals surface area contributed by atoms with Crippen LogP contribution < -0.4 is 10.6 Å². The van der Waals surface area contributed by atoms with E-state index in [9.17, 15) is 9.59 Å². The van der Waals surface area contributed by atoms with Crippen molar-refractivity contribution in [3.63, 3.8) is 0 Å². The number of carbonyl (C=O) groups excluding carboxylic acids is 1. The number of aliphatic carboxylic acids is 1. The third-order valence-corrected chi connectivity index (χ3v) is 3.53. The van der Waals surface area contributed by atoms with E-state index in [4.69, 9.17) is 5.11 Å². The lowest BCUT2D eigenvalue weighted by Gasteiger charge is -2.23. The molecule has 2 atom stereocenters. The van der Waals surface area contributed by atoms with Gasteiger partial charge in [0.25, 0.3) is 0 Å². The molecule has 1 rings (SSSR count). The van der Waals surface area contributed by atoms with Gasteiger partial charge in [0.1, 0.15) is 6.04 Å². The molecular weight excluding hydrogens is 280 g/mol. The average molecular weight is 306 g/mol. The fraction of sp³-hybridized carbons (Fsp3) is 0.529. The Bertz CT molecular complexity index is 474. The smallest absolute Gasteiger partial charge is 0.320 e. The van der Waals surface area contributed by atoms with Crippen LogP contribution in [0.3, 0.4) is 0 Å². The molecule has 0 fully saturated rings. The van der Waals surface area contributed by atoms with Gasteiger partial charge in [-0.3, -0.25) is 14.9 Å². The lowest BCUT2D eigenvalue weighted by molar-refractivity contribution is -0.139. The highest BCUT2D eigenvalue weighted by Gasteiger charge is 2.20. The largest absolute Gasteiger partial charge is 0.480 e. The maximum Gasteiger partial charge on any atom is 0.320 e. The van der Waals surface area contributed by atoms with Crippen molar-refractivity contribution >= 4 is 11.9 Å². The lowest BCUT2D eigenvalue weighted by Crippen LogP contribution is -2.44. The highest BCUT2D eigenvalue weighted by atomic mass is 16.4. The maximum absolute atomic E-state index is 12.1. The minimum atomic E-state index is -0.918. The van der Waals surface area contributed by atoms with Crippen molar-refractivity contribution < 1.29 is 14.7 Å². The molecule has 0 heterocycles. The molecule has 2 unspecified atom stereocenters. The number of benzene rings is 1. The van der Waals surface area contributed by atoms with Gasteiger partial charge >= 0.3 is 5.97 Å². The van der Waals surface area contributed by atoms with Gasteiger partial charge in [-0.15, -0.1) is 0 Å². The van der Waals surface area contributed by atoms with E-state index in [-0.39, 0.29) is 24.4 Å². The van der Waals surface area contributed by atoms with Crippen molar-refractivity contribution in [3.05, 3.63) is 35.9 Å². The Labute approximate surface area is 132 Å². The summed E-state index contributed by atoms with van der Waals surface area (Å²) in [6, 6.07) is 9.03. The van der Waals surface area contributed by atoms with Gasteiger partial charge in [0, 0.05) is 0 Å². The van der Waals surface area contributed by atoms with E-state index >= 15 is 0 Å². The van der Waals surface area contributed by atoms with Crippen LogP contribution in [0.5, 0.6) is 0 Å². The first-order chi connectivity index (χ1) is 10.5. The van der Waals surface area contributed by atoms with Crippen LogP contribution in [0.1, 0.15) is 45.2 Å². The van der Waals surface area contributed by atoms with Gasteiger partial charge in [0.2, 0.25) is 5.91 Å². The molecule has 5 heteroatoms. The molecule has 0 bridgehead atoms. The van der Waals surface area contributed by atoms with Crippen molar-refractivity contribution in [1.29, 1.82) is 0 Å². The van der Waals surface area contributed by atoms with Crippen LogP contribution >= 0.6 is 0 Å². The number of hydrogen-bond acceptors (Lipinski definition) is 3. The molecule has 1 aromatic rings. The van der Waals surface area contributed by atoms with Crippen LogP contribution in [0.25, 0.3) is 0 Å². The Kier molecular flexibility index (Phi) is 7.60. The van der Waals surface area contributed by atoms with Crippen LogP contribution in [0, 0.1) is 5.92 Å². The first-order valence-electron chi connectivity index (χ1n) is 7.76. The summed E-state index contributed by atoms with van der Waals surface area (Å²) >= 11 is 0. The molecule has 0 aliphatic carbocycles. The van der Waals surface area contributed by atoms with Gasteiger partial charge in [-0.2, -0.15) is 0 Å². The normalized spacial score (nSPS) is 13.6. The summed E-state index contributed by atoms with van der Waals surface area (Å²) in [5, 5.41) is 14.8. The number of nitrogens with one attached hydrogen (secondary N) is 2. The van der Waals surface area contributed by atoms with Gasteiger partial charge in [-0.05, 0) is 17.9 Å². The topological polar surface area (TPSA) is 78.4 Å². The predicted molar refractivity (Wildman–Crippen MR) is 86.5 cm³/mol. The molecule has 1 amide bonds. The molecule has 0 radical (unpaired) electrons. The summed E-state index contributed by atoms with van der Waals surface area (Å²) in [5.74, 6) is -0.861. The third kappa shape index (κ3) is 5.85. The van der Waals surface area contributed by atoms with Gasteiger partial charge in [0.05, 0.1) is 12.6 Å². The molecule has 122 valence electrons. The van der Waals surface area contributed by atoms with Gasteiger partial charge < -0.3 is 10.4 Å². The van der Waals surface area contributed by atoms with E-state index in [1.165, 1.54) is 0 Å². The molecule has 5 nitrogen and oxygen atoms in total. The van der Waals surface area contributed by atoms with E-state index in [0.717, 1.165) is 12.0 Å². The van der Waals surface area contributed by atoms with Crippen molar-refractivity contribution in [2.24, 2.45) is 5.92 Å². The Morgan fingerprint density at radius 1 is 1.18 bits per heavy atom. The molecule has 0 aliphatic rings. The molecule has 0 aliphatic heterocycles. The zero-order valence-electron chi connectivity index (χ0n) is 13.5. The minimum absolute atomic E-state index is 0.00696. The van der Waals surface area contributed by atoms with E-state index in [1.54, 1.807) is 0 Å². The summed E-state index contributed by atoms with van der Waals surface area (Å²) in [7, 11) is 0. The van der Waals surface area contributed by atoms with Crippen LogP contribution in [0.2, 0.25) is 0 Å². The Morgan fingerprint density at radius 2 is 1.82 bits per heavy atom. The first kappa shape index (κ1) is 18.2. The Balaban J connectivity index is 2.59. The summed E-state index contributed by atoms with van der Waals surface area (Å²) in [4.78, 5) is 23.2. The van der Waals surface area contributed by atoms with Gasteiger partial charge in [0.15, 0.2) is 0 Å². The highest BCUT2D eigenvalue weighted by Crippen LogP contribution is 2.20. The fourth-order valence-corrected chi connectivity index (χ4v) is 2.34. The lowest BCUT2D eigenvalue weighted by atomic mass is 9.96. The SMILES string of the molecule is CCCC(NCC(=O)NC(c1ccccc1)C(C)C)C(=O)O.